The van der Waals surface area contributed by atoms with Crippen LogP contribution in [0.3, 0.4) is 0 Å². The van der Waals surface area contributed by atoms with Crippen LogP contribution in [-0.2, 0) is 0 Å². The number of rotatable bonds is 1. The van der Waals surface area contributed by atoms with Gasteiger partial charge in [0, 0.05) is 24.7 Å². The van der Waals surface area contributed by atoms with E-state index in [2.05, 4.69) is 10.3 Å². The molecular formula is C8H10Cl2F3N3S. The lowest BCUT2D eigenvalue weighted by atomic mass is 10.2. The first-order valence-corrected chi connectivity index (χ1v) is 5.91. The van der Waals surface area contributed by atoms with Crippen LogP contribution in [0.15, 0.2) is 11.6 Å². The van der Waals surface area contributed by atoms with Crippen molar-refractivity contribution < 1.29 is 13.2 Å². The highest BCUT2D eigenvalue weighted by Gasteiger charge is 2.48. The molecule has 0 amide bonds. The Kier molecular flexibility index (Phi) is 5.03. The lowest BCUT2D eigenvalue weighted by Gasteiger charge is -2.39. The zero-order valence-electron chi connectivity index (χ0n) is 8.45. The predicted octanol–water partition coefficient (Wildman–Crippen LogP) is 2.60. The Morgan fingerprint density at radius 1 is 1.47 bits per heavy atom. The standard InChI is InChI=1S/C8H9ClF3N3S.ClH/c9-6-4-13-3-5(7-14-1-2-16-7)15(6)8(10,11)12;/h1-2,5-6,13H,3-4H2;1H. The Labute approximate surface area is 111 Å². The van der Waals surface area contributed by atoms with Crippen LogP contribution >= 0.6 is 35.3 Å². The summed E-state index contributed by atoms with van der Waals surface area (Å²) < 4.78 is 38.5. The van der Waals surface area contributed by atoms with Crippen molar-refractivity contribution >= 4 is 35.3 Å². The number of thiazole rings is 1. The van der Waals surface area contributed by atoms with Gasteiger partial charge < -0.3 is 5.32 Å². The summed E-state index contributed by atoms with van der Waals surface area (Å²) in [7, 11) is 0. The lowest BCUT2D eigenvalue weighted by Crippen LogP contribution is -2.56. The molecule has 2 rings (SSSR count). The van der Waals surface area contributed by atoms with Crippen molar-refractivity contribution in [3.63, 3.8) is 0 Å². The van der Waals surface area contributed by atoms with E-state index in [4.69, 9.17) is 11.6 Å². The first-order chi connectivity index (χ1) is 7.50. The number of halogens is 5. The molecule has 1 N–H and O–H groups in total. The van der Waals surface area contributed by atoms with Crippen LogP contribution in [0.5, 0.6) is 0 Å². The van der Waals surface area contributed by atoms with E-state index in [-0.39, 0.29) is 25.5 Å². The Morgan fingerprint density at radius 3 is 2.71 bits per heavy atom. The van der Waals surface area contributed by atoms with E-state index in [0.29, 0.717) is 9.91 Å². The maximum atomic E-state index is 12.8. The molecule has 3 nitrogen and oxygen atoms in total. The minimum Gasteiger partial charge on any atom is -0.312 e. The van der Waals surface area contributed by atoms with Gasteiger partial charge in [0.15, 0.2) is 0 Å². The van der Waals surface area contributed by atoms with Gasteiger partial charge >= 0.3 is 6.30 Å². The summed E-state index contributed by atoms with van der Waals surface area (Å²) in [5, 5.41) is 4.95. The molecule has 1 aromatic heterocycles. The Balaban J connectivity index is 0.00000144. The fraction of sp³-hybridized carbons (Fsp3) is 0.625. The molecule has 2 heterocycles. The van der Waals surface area contributed by atoms with Gasteiger partial charge in [-0.15, -0.1) is 35.3 Å². The van der Waals surface area contributed by atoms with Gasteiger partial charge in [-0.2, -0.15) is 18.1 Å². The molecule has 1 aliphatic rings. The van der Waals surface area contributed by atoms with Crippen molar-refractivity contribution in [1.82, 2.24) is 15.2 Å². The van der Waals surface area contributed by atoms with E-state index in [1.807, 2.05) is 0 Å². The number of nitrogens with zero attached hydrogens (tertiary/aromatic N) is 2. The summed E-state index contributed by atoms with van der Waals surface area (Å²) in [6.07, 6.45) is -2.95. The highest BCUT2D eigenvalue weighted by atomic mass is 35.5. The average Bonchev–Trinajstić information content (AvgIpc) is 2.67. The van der Waals surface area contributed by atoms with Crippen LogP contribution < -0.4 is 5.32 Å². The first-order valence-electron chi connectivity index (χ1n) is 4.59. The van der Waals surface area contributed by atoms with E-state index in [1.165, 1.54) is 17.5 Å². The number of alkyl halides is 4. The molecule has 17 heavy (non-hydrogen) atoms. The van der Waals surface area contributed by atoms with Gasteiger partial charge in [0.05, 0.1) is 6.04 Å². The third kappa shape index (κ3) is 3.23. The van der Waals surface area contributed by atoms with Crippen molar-refractivity contribution in [2.45, 2.75) is 17.8 Å². The fourth-order valence-electron chi connectivity index (χ4n) is 1.67. The van der Waals surface area contributed by atoms with E-state index in [0.717, 1.165) is 0 Å². The molecule has 1 aliphatic heterocycles. The molecule has 0 bridgehead atoms. The van der Waals surface area contributed by atoms with Crippen LogP contribution in [0, 0.1) is 0 Å². The molecule has 0 aromatic carbocycles. The van der Waals surface area contributed by atoms with Gasteiger partial charge in [0.1, 0.15) is 10.5 Å². The highest BCUT2D eigenvalue weighted by molar-refractivity contribution is 7.09. The van der Waals surface area contributed by atoms with Gasteiger partial charge in [-0.05, 0) is 0 Å². The van der Waals surface area contributed by atoms with Crippen LogP contribution in [0.1, 0.15) is 11.0 Å². The molecule has 2 atom stereocenters. The van der Waals surface area contributed by atoms with Crippen LogP contribution in [0.25, 0.3) is 0 Å². The third-order valence-corrected chi connectivity index (χ3v) is 3.56. The summed E-state index contributed by atoms with van der Waals surface area (Å²) in [4.78, 5) is 4.27. The van der Waals surface area contributed by atoms with E-state index < -0.39 is 17.8 Å². The summed E-state index contributed by atoms with van der Waals surface area (Å²) >= 11 is 6.90. The Hall–Kier alpha value is -0.0800. The molecule has 1 fully saturated rings. The lowest BCUT2D eigenvalue weighted by molar-refractivity contribution is -0.268. The molecule has 2 unspecified atom stereocenters. The SMILES string of the molecule is Cl.FC(F)(F)N1C(Cl)CNCC1c1nccs1. The van der Waals surface area contributed by atoms with Crippen molar-refractivity contribution in [2.75, 3.05) is 13.1 Å². The number of hydrogen-bond donors (Lipinski definition) is 1. The number of aromatic nitrogens is 1. The maximum absolute atomic E-state index is 12.8. The highest BCUT2D eigenvalue weighted by Crippen LogP contribution is 2.37. The van der Waals surface area contributed by atoms with Crippen LogP contribution in [0.2, 0.25) is 0 Å². The largest absolute Gasteiger partial charge is 0.461 e. The molecule has 0 aliphatic carbocycles. The summed E-state index contributed by atoms with van der Waals surface area (Å²) in [6, 6.07) is -0.837. The van der Waals surface area contributed by atoms with Crippen LogP contribution in [0.4, 0.5) is 13.2 Å². The van der Waals surface area contributed by atoms with E-state index >= 15 is 0 Å². The van der Waals surface area contributed by atoms with Crippen molar-refractivity contribution in [3.05, 3.63) is 16.6 Å². The second-order valence-electron chi connectivity index (χ2n) is 3.35. The molecule has 1 aromatic rings. The molecular weight excluding hydrogens is 298 g/mol. The number of hydrogen-bond acceptors (Lipinski definition) is 4. The number of piperazine rings is 1. The third-order valence-electron chi connectivity index (χ3n) is 2.32. The van der Waals surface area contributed by atoms with E-state index in [1.54, 1.807) is 5.38 Å². The molecule has 1 saturated heterocycles. The summed E-state index contributed by atoms with van der Waals surface area (Å²) in [5.74, 6) is 0. The molecule has 0 saturated carbocycles. The summed E-state index contributed by atoms with van der Waals surface area (Å²) in [5.41, 5.74) is -1.09. The maximum Gasteiger partial charge on any atom is 0.461 e. The molecule has 9 heteroatoms. The normalized spacial score (nSPS) is 26.6. The second-order valence-corrected chi connectivity index (χ2v) is 4.78. The van der Waals surface area contributed by atoms with Crippen molar-refractivity contribution in [1.29, 1.82) is 0 Å². The Morgan fingerprint density at radius 2 is 2.18 bits per heavy atom. The molecule has 0 spiro atoms. The summed E-state index contributed by atoms with van der Waals surface area (Å²) in [6.45, 7) is 0.319. The minimum absolute atomic E-state index is 0. The minimum atomic E-state index is -4.44. The van der Waals surface area contributed by atoms with Gasteiger partial charge in [0.2, 0.25) is 0 Å². The zero-order valence-corrected chi connectivity index (χ0v) is 10.8. The van der Waals surface area contributed by atoms with Gasteiger partial charge in [-0.3, -0.25) is 0 Å². The topological polar surface area (TPSA) is 28.2 Å². The Bertz CT molecular complexity index is 346. The predicted molar refractivity (Wildman–Crippen MR) is 62.5 cm³/mol. The van der Waals surface area contributed by atoms with Crippen LogP contribution in [-0.4, -0.2) is 34.8 Å². The second kappa shape index (κ2) is 5.71. The van der Waals surface area contributed by atoms with Crippen molar-refractivity contribution in [2.24, 2.45) is 0 Å². The molecule has 98 valence electrons. The van der Waals surface area contributed by atoms with Gasteiger partial charge in [-0.25, -0.2) is 4.98 Å². The molecule has 0 radical (unpaired) electrons. The fourth-order valence-corrected chi connectivity index (χ4v) is 2.76. The van der Waals surface area contributed by atoms with Gasteiger partial charge in [0.25, 0.3) is 0 Å². The first kappa shape index (κ1) is 15.0. The van der Waals surface area contributed by atoms with Gasteiger partial charge in [-0.1, -0.05) is 0 Å². The monoisotopic (exact) mass is 307 g/mol. The smallest absolute Gasteiger partial charge is 0.312 e. The van der Waals surface area contributed by atoms with E-state index in [9.17, 15) is 13.2 Å². The quantitative estimate of drug-likeness (QED) is 0.638. The average molecular weight is 308 g/mol. The zero-order chi connectivity index (χ0) is 11.8. The van der Waals surface area contributed by atoms with Crippen molar-refractivity contribution in [3.8, 4) is 0 Å². The number of nitrogens with one attached hydrogen (secondary N) is 1.